The van der Waals surface area contributed by atoms with E-state index in [0.29, 0.717) is 0 Å². The lowest BCUT2D eigenvalue weighted by atomic mass is 10.1. The molecule has 0 bridgehead atoms. The molecular formula is C12H13ClN4O2. The summed E-state index contributed by atoms with van der Waals surface area (Å²) in [6.45, 7) is -0.102. The van der Waals surface area contributed by atoms with Crippen LogP contribution < -0.4 is 10.1 Å². The van der Waals surface area contributed by atoms with Gasteiger partial charge in [0.05, 0.1) is 19.8 Å². The Kier molecular flexibility index (Phi) is 4.48. The van der Waals surface area contributed by atoms with Crippen LogP contribution in [0.4, 0.5) is 5.95 Å². The van der Waals surface area contributed by atoms with Gasteiger partial charge in [-0.2, -0.15) is 15.0 Å². The lowest BCUT2D eigenvalue weighted by molar-refractivity contribution is 0.275. The highest BCUT2D eigenvalue weighted by atomic mass is 35.5. The van der Waals surface area contributed by atoms with Gasteiger partial charge in [-0.1, -0.05) is 30.3 Å². The molecule has 1 heterocycles. The van der Waals surface area contributed by atoms with Gasteiger partial charge in [-0.25, -0.2) is 0 Å². The van der Waals surface area contributed by atoms with Crippen molar-refractivity contribution in [3.05, 3.63) is 41.2 Å². The molecule has 0 saturated carbocycles. The van der Waals surface area contributed by atoms with Crippen molar-refractivity contribution in [2.45, 2.75) is 6.04 Å². The van der Waals surface area contributed by atoms with Gasteiger partial charge in [0.1, 0.15) is 0 Å². The molecule has 1 aromatic heterocycles. The van der Waals surface area contributed by atoms with E-state index in [1.165, 1.54) is 7.11 Å². The fraction of sp³-hybridized carbons (Fsp3) is 0.250. The number of ether oxygens (including phenoxy) is 1. The van der Waals surface area contributed by atoms with E-state index in [2.05, 4.69) is 20.3 Å². The minimum atomic E-state index is -0.329. The number of benzene rings is 1. The van der Waals surface area contributed by atoms with Crippen LogP contribution in [0.2, 0.25) is 5.28 Å². The summed E-state index contributed by atoms with van der Waals surface area (Å²) < 4.78 is 4.91. The van der Waals surface area contributed by atoms with Crippen LogP contribution in [0, 0.1) is 0 Å². The molecule has 2 aromatic rings. The third kappa shape index (κ3) is 3.52. The Bertz CT molecular complexity index is 539. The average Bonchev–Trinajstić information content (AvgIpc) is 2.45. The first kappa shape index (κ1) is 13.5. The van der Waals surface area contributed by atoms with E-state index < -0.39 is 0 Å². The Morgan fingerprint density at radius 2 is 2.00 bits per heavy atom. The van der Waals surface area contributed by atoms with Crippen molar-refractivity contribution in [1.82, 2.24) is 15.0 Å². The molecule has 1 atom stereocenters. The number of hydrogen-bond donors (Lipinski definition) is 2. The van der Waals surface area contributed by atoms with Crippen molar-refractivity contribution < 1.29 is 9.84 Å². The third-order valence-corrected chi connectivity index (χ3v) is 2.63. The van der Waals surface area contributed by atoms with Gasteiger partial charge >= 0.3 is 6.01 Å². The second-order valence-electron chi connectivity index (χ2n) is 3.70. The highest BCUT2D eigenvalue weighted by Crippen LogP contribution is 2.18. The molecule has 0 radical (unpaired) electrons. The van der Waals surface area contributed by atoms with E-state index in [-0.39, 0.29) is 29.9 Å². The number of anilines is 1. The topological polar surface area (TPSA) is 80.2 Å². The van der Waals surface area contributed by atoms with E-state index in [1.54, 1.807) is 0 Å². The van der Waals surface area contributed by atoms with Crippen LogP contribution in [-0.4, -0.2) is 33.8 Å². The molecule has 0 saturated heterocycles. The zero-order valence-electron chi connectivity index (χ0n) is 10.2. The fourth-order valence-corrected chi connectivity index (χ4v) is 1.72. The molecule has 1 aromatic carbocycles. The smallest absolute Gasteiger partial charge is 0.322 e. The zero-order chi connectivity index (χ0) is 13.7. The molecule has 0 amide bonds. The molecule has 2 rings (SSSR count). The van der Waals surface area contributed by atoms with Crippen molar-refractivity contribution in [2.75, 3.05) is 19.0 Å². The normalized spacial score (nSPS) is 11.9. The van der Waals surface area contributed by atoms with E-state index in [1.807, 2.05) is 30.3 Å². The molecule has 7 heteroatoms. The predicted molar refractivity (Wildman–Crippen MR) is 71.3 cm³/mol. The van der Waals surface area contributed by atoms with Crippen LogP contribution in [0.1, 0.15) is 11.6 Å². The maximum atomic E-state index is 9.44. The largest absolute Gasteiger partial charge is 0.467 e. The Hall–Kier alpha value is -1.92. The lowest BCUT2D eigenvalue weighted by Gasteiger charge is -2.16. The molecule has 0 aliphatic rings. The molecular weight excluding hydrogens is 268 g/mol. The summed E-state index contributed by atoms with van der Waals surface area (Å²) in [5.41, 5.74) is 0.917. The van der Waals surface area contributed by atoms with Crippen molar-refractivity contribution in [3.8, 4) is 6.01 Å². The maximum Gasteiger partial charge on any atom is 0.322 e. The number of halogens is 1. The summed E-state index contributed by atoms with van der Waals surface area (Å²) in [6, 6.07) is 9.26. The highest BCUT2D eigenvalue weighted by molar-refractivity contribution is 6.28. The van der Waals surface area contributed by atoms with Crippen LogP contribution >= 0.6 is 11.6 Å². The van der Waals surface area contributed by atoms with E-state index >= 15 is 0 Å². The van der Waals surface area contributed by atoms with Crippen molar-refractivity contribution in [3.63, 3.8) is 0 Å². The first-order chi connectivity index (χ1) is 9.22. The monoisotopic (exact) mass is 280 g/mol. The molecule has 100 valence electrons. The first-order valence-corrected chi connectivity index (χ1v) is 5.98. The van der Waals surface area contributed by atoms with Gasteiger partial charge in [-0.3, -0.25) is 0 Å². The van der Waals surface area contributed by atoms with Crippen molar-refractivity contribution in [2.24, 2.45) is 0 Å². The molecule has 0 spiro atoms. The maximum absolute atomic E-state index is 9.44. The third-order valence-electron chi connectivity index (χ3n) is 2.46. The summed E-state index contributed by atoms with van der Waals surface area (Å²) in [5, 5.41) is 12.4. The molecule has 0 fully saturated rings. The second-order valence-corrected chi connectivity index (χ2v) is 4.04. The van der Waals surface area contributed by atoms with Gasteiger partial charge in [-0.05, 0) is 17.2 Å². The molecule has 0 aliphatic heterocycles. The summed E-state index contributed by atoms with van der Waals surface area (Å²) in [6.07, 6.45) is 0. The van der Waals surface area contributed by atoms with Gasteiger partial charge in [0.15, 0.2) is 0 Å². The van der Waals surface area contributed by atoms with Crippen LogP contribution in [0.15, 0.2) is 30.3 Å². The molecule has 2 N–H and O–H groups in total. The van der Waals surface area contributed by atoms with Crippen LogP contribution in [0.25, 0.3) is 0 Å². The second kappa shape index (κ2) is 6.31. The number of methoxy groups -OCH3 is 1. The summed E-state index contributed by atoms with van der Waals surface area (Å²) in [7, 11) is 1.44. The summed E-state index contributed by atoms with van der Waals surface area (Å²) >= 11 is 5.76. The Labute approximate surface area is 115 Å². The number of aliphatic hydroxyl groups is 1. The van der Waals surface area contributed by atoms with Crippen molar-refractivity contribution in [1.29, 1.82) is 0 Å². The van der Waals surface area contributed by atoms with E-state index in [4.69, 9.17) is 16.3 Å². The molecule has 19 heavy (non-hydrogen) atoms. The summed E-state index contributed by atoms with van der Waals surface area (Å²) in [4.78, 5) is 11.7. The van der Waals surface area contributed by atoms with Gasteiger partial charge in [0.2, 0.25) is 11.2 Å². The number of nitrogens with one attached hydrogen (secondary N) is 1. The zero-order valence-corrected chi connectivity index (χ0v) is 11.0. The minimum absolute atomic E-state index is 0.0269. The number of aliphatic hydroxyl groups excluding tert-OH is 1. The van der Waals surface area contributed by atoms with Gasteiger partial charge in [0, 0.05) is 0 Å². The highest BCUT2D eigenvalue weighted by Gasteiger charge is 2.13. The number of rotatable bonds is 5. The Balaban J connectivity index is 2.21. The number of hydrogen-bond acceptors (Lipinski definition) is 6. The van der Waals surface area contributed by atoms with E-state index in [0.717, 1.165) is 5.56 Å². The van der Waals surface area contributed by atoms with Crippen LogP contribution in [-0.2, 0) is 0 Å². The van der Waals surface area contributed by atoms with Crippen LogP contribution in [0.3, 0.4) is 0 Å². The number of nitrogens with zero attached hydrogens (tertiary/aromatic N) is 3. The quantitative estimate of drug-likeness (QED) is 0.867. The van der Waals surface area contributed by atoms with E-state index in [9.17, 15) is 5.11 Å². The average molecular weight is 281 g/mol. The first-order valence-electron chi connectivity index (χ1n) is 5.61. The van der Waals surface area contributed by atoms with Gasteiger partial charge in [-0.15, -0.1) is 0 Å². The SMILES string of the molecule is COc1nc(Cl)nc(NC(CO)c2ccccc2)n1. The lowest BCUT2D eigenvalue weighted by Crippen LogP contribution is -2.17. The Morgan fingerprint density at radius 1 is 1.26 bits per heavy atom. The molecule has 1 unspecified atom stereocenters. The van der Waals surface area contributed by atoms with Crippen molar-refractivity contribution >= 4 is 17.5 Å². The van der Waals surface area contributed by atoms with Crippen LogP contribution in [0.5, 0.6) is 6.01 Å². The Morgan fingerprint density at radius 3 is 2.63 bits per heavy atom. The van der Waals surface area contributed by atoms with Gasteiger partial charge in [0.25, 0.3) is 0 Å². The summed E-state index contributed by atoms with van der Waals surface area (Å²) in [5.74, 6) is 0.250. The molecule has 0 aliphatic carbocycles. The fourth-order valence-electron chi connectivity index (χ4n) is 1.56. The minimum Gasteiger partial charge on any atom is -0.467 e. The predicted octanol–water partition coefficient (Wildman–Crippen LogP) is 1.68. The van der Waals surface area contributed by atoms with Gasteiger partial charge < -0.3 is 15.2 Å². The molecule has 6 nitrogen and oxygen atoms in total. The standard InChI is InChI=1S/C12H13ClN4O2/c1-19-12-16-10(13)15-11(17-12)14-9(7-18)8-5-3-2-4-6-8/h2-6,9,18H,7H2,1H3,(H,14,15,16,17). The number of aromatic nitrogens is 3.